The molecular formula is C20H24ClFN4O10P2. The molecule has 3 heterocycles. The summed E-state index contributed by atoms with van der Waals surface area (Å²) in [4.78, 5) is 35.8. The van der Waals surface area contributed by atoms with Crippen LogP contribution in [0.4, 0.5) is 10.2 Å². The van der Waals surface area contributed by atoms with Gasteiger partial charge in [-0.05, 0) is 42.3 Å². The molecule has 3 aromatic rings. The van der Waals surface area contributed by atoms with Crippen molar-refractivity contribution in [3.05, 3.63) is 53.2 Å². The molecule has 0 saturated carbocycles. The highest BCUT2D eigenvalue weighted by Crippen LogP contribution is 2.55. The van der Waals surface area contributed by atoms with Gasteiger partial charge in [0.25, 0.3) is 0 Å². The first-order valence-corrected chi connectivity index (χ1v) is 14.9. The predicted molar refractivity (Wildman–Crippen MR) is 131 cm³/mol. The first-order valence-electron chi connectivity index (χ1n) is 10.9. The van der Waals surface area contributed by atoms with Gasteiger partial charge in [-0.1, -0.05) is 12.1 Å². The first-order chi connectivity index (χ1) is 17.6. The second-order valence-corrected chi connectivity index (χ2v) is 13.0. The number of ether oxygens (including phenoxy) is 1. The molecule has 4 rings (SSSR count). The van der Waals surface area contributed by atoms with Gasteiger partial charge in [0.1, 0.15) is 23.4 Å². The molecule has 7 N–H and O–H groups in total. The van der Waals surface area contributed by atoms with Crippen molar-refractivity contribution in [2.24, 2.45) is 0 Å². The summed E-state index contributed by atoms with van der Waals surface area (Å²) in [5.41, 5.74) is 0.867. The molecule has 14 nitrogen and oxygen atoms in total. The molecule has 38 heavy (non-hydrogen) atoms. The van der Waals surface area contributed by atoms with Crippen molar-refractivity contribution in [2.45, 2.75) is 37.2 Å². The molecule has 1 saturated heterocycles. The van der Waals surface area contributed by atoms with Crippen LogP contribution in [-0.2, 0) is 18.4 Å². The van der Waals surface area contributed by atoms with Crippen molar-refractivity contribution in [1.82, 2.24) is 14.5 Å². The molecule has 1 fully saturated rings. The second-order valence-electron chi connectivity index (χ2n) is 8.70. The quantitative estimate of drug-likeness (QED) is 0.106. The Morgan fingerprint density at radius 1 is 1.21 bits per heavy atom. The summed E-state index contributed by atoms with van der Waals surface area (Å²) in [7, 11) is -9.76. The van der Waals surface area contributed by atoms with Crippen LogP contribution in [-0.4, -0.2) is 75.0 Å². The summed E-state index contributed by atoms with van der Waals surface area (Å²) in [6.07, 6.45) is -3.91. The van der Waals surface area contributed by atoms with Crippen LogP contribution in [0.25, 0.3) is 11.0 Å². The number of aromatic nitrogens is 3. The third-order valence-electron chi connectivity index (χ3n) is 5.82. The number of hydrogen-bond acceptors (Lipinski definition) is 10. The maximum absolute atomic E-state index is 13.3. The van der Waals surface area contributed by atoms with Gasteiger partial charge in [-0.2, -0.15) is 4.98 Å². The molecule has 0 amide bonds. The van der Waals surface area contributed by atoms with Crippen molar-refractivity contribution in [1.29, 1.82) is 0 Å². The Morgan fingerprint density at radius 2 is 1.87 bits per heavy atom. The fourth-order valence-corrected chi connectivity index (χ4v) is 6.66. The van der Waals surface area contributed by atoms with Crippen LogP contribution < -0.4 is 5.32 Å². The van der Waals surface area contributed by atoms with E-state index in [9.17, 15) is 33.7 Å². The van der Waals surface area contributed by atoms with Crippen molar-refractivity contribution < 1.29 is 52.8 Å². The van der Waals surface area contributed by atoms with E-state index in [-0.39, 0.29) is 22.8 Å². The molecule has 1 aromatic carbocycles. The fraction of sp³-hybridized carbons (Fsp3) is 0.400. The Morgan fingerprint density at radius 3 is 2.50 bits per heavy atom. The highest BCUT2D eigenvalue weighted by molar-refractivity contribution is 7.70. The van der Waals surface area contributed by atoms with E-state index in [1.807, 2.05) is 0 Å². The minimum atomic E-state index is -4.92. The zero-order valence-electron chi connectivity index (χ0n) is 19.5. The molecular weight excluding hydrogens is 573 g/mol. The van der Waals surface area contributed by atoms with Crippen molar-refractivity contribution in [3.8, 4) is 0 Å². The number of rotatable bonds is 9. The van der Waals surface area contributed by atoms with E-state index in [0.717, 1.165) is 5.56 Å². The molecule has 0 aliphatic carbocycles. The second kappa shape index (κ2) is 10.5. The number of halogens is 2. The van der Waals surface area contributed by atoms with Crippen LogP contribution in [0.5, 0.6) is 0 Å². The van der Waals surface area contributed by atoms with E-state index in [1.165, 1.54) is 22.9 Å². The van der Waals surface area contributed by atoms with Gasteiger partial charge in [0.15, 0.2) is 18.2 Å². The zero-order valence-corrected chi connectivity index (χ0v) is 22.0. The number of anilines is 1. The number of nitrogens with zero attached hydrogens (tertiary/aromatic N) is 3. The first kappa shape index (κ1) is 29.0. The maximum Gasteiger partial charge on any atom is 0.340 e. The molecule has 2 aromatic heterocycles. The van der Waals surface area contributed by atoms with Crippen molar-refractivity contribution in [2.75, 3.05) is 17.8 Å². The Bertz CT molecular complexity index is 1420. The lowest BCUT2D eigenvalue weighted by Crippen LogP contribution is -2.49. The molecule has 1 aliphatic rings. The van der Waals surface area contributed by atoms with Crippen molar-refractivity contribution >= 4 is 43.6 Å². The summed E-state index contributed by atoms with van der Waals surface area (Å²) in [5.74, 6) is -4.59. The minimum absolute atomic E-state index is 0.120. The van der Waals surface area contributed by atoms with Gasteiger partial charge in [0.2, 0.25) is 11.1 Å². The van der Waals surface area contributed by atoms with Crippen LogP contribution in [0.1, 0.15) is 24.8 Å². The highest BCUT2D eigenvalue weighted by Gasteiger charge is 2.56. The fourth-order valence-electron chi connectivity index (χ4n) is 3.94. The summed E-state index contributed by atoms with van der Waals surface area (Å²) >= 11 is 6.11. The van der Waals surface area contributed by atoms with E-state index in [2.05, 4.69) is 19.8 Å². The van der Waals surface area contributed by atoms with Gasteiger partial charge in [-0.25, -0.2) is 9.37 Å². The van der Waals surface area contributed by atoms with E-state index in [0.29, 0.717) is 5.39 Å². The third kappa shape index (κ3) is 6.24. The Balaban J connectivity index is 1.58. The lowest BCUT2D eigenvalue weighted by Gasteiger charge is -2.25. The molecule has 0 spiro atoms. The van der Waals surface area contributed by atoms with E-state index >= 15 is 0 Å². The third-order valence-corrected chi connectivity index (χ3v) is 9.44. The number of fused-ring (bicyclic) bond motifs is 1. The number of aliphatic hydroxyl groups excluding tert-OH is 1. The maximum atomic E-state index is 13.3. The van der Waals surface area contributed by atoms with Crippen molar-refractivity contribution in [3.63, 3.8) is 0 Å². The Hall–Kier alpha value is -2.00. The topological polar surface area (TPSA) is 217 Å². The van der Waals surface area contributed by atoms with Crippen LogP contribution in [0.2, 0.25) is 5.28 Å². The number of benzene rings is 1. The molecule has 0 bridgehead atoms. The van der Waals surface area contributed by atoms with Crippen LogP contribution in [0.3, 0.4) is 0 Å². The standard InChI is InChI=1S/C20H24ClFN4O10P2/c1-10(11-2-4-12(22)5-3-11)23-16-13-6-7-26(17(13)25-19(21)24-16)18-15(27)20(28,29)14(36-18)8-35-38(33,34)9-37(30,31)32/h2-7,10,14-15,18,27-29H,8-9H2,1H3,(H,33,34)(H,23,24,25)(H2,30,31,32)/t10-,14+,15-,18+/m0/s1. The number of hydrogen-bond donors (Lipinski definition) is 7. The minimum Gasteiger partial charge on any atom is -0.383 e. The van der Waals surface area contributed by atoms with Gasteiger partial charge in [0, 0.05) is 12.2 Å². The summed E-state index contributed by atoms with van der Waals surface area (Å²) < 4.78 is 47.6. The molecule has 1 unspecified atom stereocenters. The lowest BCUT2D eigenvalue weighted by molar-refractivity contribution is -0.234. The normalized spacial score (nSPS) is 23.9. The number of nitrogens with one attached hydrogen (secondary N) is 1. The summed E-state index contributed by atoms with van der Waals surface area (Å²) in [6, 6.07) is 7.01. The average Bonchev–Trinajstić information content (AvgIpc) is 3.30. The SMILES string of the molecule is C[C@H](Nc1nc(Cl)nc2c1ccn2[C@@H]1O[C@H](COP(=O)(O)CP(=O)(O)O)C(O)(O)[C@H]1O)c1ccc(F)cc1. The van der Waals surface area contributed by atoms with E-state index < -0.39 is 57.7 Å². The Labute approximate surface area is 219 Å². The van der Waals surface area contributed by atoms with Crippen LogP contribution in [0.15, 0.2) is 36.5 Å². The van der Waals surface area contributed by atoms with E-state index in [4.69, 9.17) is 26.1 Å². The van der Waals surface area contributed by atoms with Crippen LogP contribution >= 0.6 is 26.8 Å². The van der Waals surface area contributed by atoms with Gasteiger partial charge in [-0.3, -0.25) is 9.13 Å². The average molecular weight is 597 g/mol. The lowest BCUT2D eigenvalue weighted by atomic mass is 10.1. The van der Waals surface area contributed by atoms with Crippen LogP contribution in [0, 0.1) is 5.82 Å². The molecule has 0 radical (unpaired) electrons. The van der Waals surface area contributed by atoms with Gasteiger partial charge < -0.3 is 49.1 Å². The zero-order chi connectivity index (χ0) is 28.0. The molecule has 18 heteroatoms. The largest absolute Gasteiger partial charge is 0.383 e. The monoisotopic (exact) mass is 596 g/mol. The highest BCUT2D eigenvalue weighted by atomic mass is 35.5. The van der Waals surface area contributed by atoms with E-state index in [1.54, 1.807) is 25.1 Å². The Kier molecular flexibility index (Phi) is 8.03. The molecule has 5 atom stereocenters. The summed E-state index contributed by atoms with van der Waals surface area (Å²) in [6.45, 7) is 0.810. The van der Waals surface area contributed by atoms with Gasteiger partial charge in [-0.15, -0.1) is 0 Å². The van der Waals surface area contributed by atoms with Gasteiger partial charge in [0.05, 0.1) is 12.0 Å². The molecule has 208 valence electrons. The smallest absolute Gasteiger partial charge is 0.340 e. The molecule has 1 aliphatic heterocycles. The summed E-state index contributed by atoms with van der Waals surface area (Å²) in [5, 5.41) is 34.8. The van der Waals surface area contributed by atoms with Gasteiger partial charge >= 0.3 is 15.2 Å². The predicted octanol–water partition coefficient (Wildman–Crippen LogP) is 1.67. The number of aliphatic hydroxyl groups is 3.